The summed E-state index contributed by atoms with van der Waals surface area (Å²) in [7, 11) is 0. The van der Waals surface area contributed by atoms with E-state index in [1.807, 2.05) is 0 Å². The number of ether oxygens (including phenoxy) is 1. The molecule has 1 aliphatic heterocycles. The van der Waals surface area contributed by atoms with E-state index in [2.05, 4.69) is 0 Å². The third-order valence-corrected chi connectivity index (χ3v) is 6.72. The van der Waals surface area contributed by atoms with Gasteiger partial charge in [-0.15, -0.1) is 0 Å². The van der Waals surface area contributed by atoms with Crippen LogP contribution in [0.1, 0.15) is 22.8 Å². The van der Waals surface area contributed by atoms with Crippen LogP contribution in [0.15, 0.2) is 84.3 Å². The Balaban J connectivity index is 1.65. The van der Waals surface area contributed by atoms with Gasteiger partial charge in [-0.3, -0.25) is 0 Å². The Morgan fingerprint density at radius 3 is 1.78 bits per heavy atom. The molecule has 1 saturated heterocycles. The van der Waals surface area contributed by atoms with Gasteiger partial charge in [0.05, 0.1) is 0 Å². The molecule has 0 spiro atoms. The molecule has 3 aromatic rings. The van der Waals surface area contributed by atoms with E-state index in [9.17, 15) is 25.5 Å². The normalized spacial score (nSPS) is 23.5. The van der Waals surface area contributed by atoms with Crippen LogP contribution in [0.4, 0.5) is 0 Å². The molecule has 9 heteroatoms. The minimum Gasteiger partial charge on any atom is -0.509 e. The molecule has 36 heavy (non-hydrogen) atoms. The van der Waals surface area contributed by atoms with E-state index in [4.69, 9.17) is 39.5 Å². The number of aliphatic hydroxyl groups is 5. The molecule has 1 aliphatic rings. The number of hydrogen-bond donors (Lipinski definition) is 5. The lowest BCUT2D eigenvalue weighted by atomic mass is 9.75. The predicted octanol–water partition coefficient (Wildman–Crippen LogP) is 5.17. The Kier molecular flexibility index (Phi) is 7.97. The molecular formula is C27H23Cl3O6. The summed E-state index contributed by atoms with van der Waals surface area (Å²) in [6.07, 6.45) is -4.23. The van der Waals surface area contributed by atoms with Crippen LogP contribution >= 0.6 is 34.8 Å². The second kappa shape index (κ2) is 10.8. The largest absolute Gasteiger partial charge is 0.509 e. The summed E-state index contributed by atoms with van der Waals surface area (Å²) >= 11 is 17.8. The highest BCUT2D eigenvalue weighted by molar-refractivity contribution is 6.31. The molecule has 0 aromatic heterocycles. The lowest BCUT2D eigenvalue weighted by Crippen LogP contribution is -2.63. The van der Waals surface area contributed by atoms with Gasteiger partial charge in [0.25, 0.3) is 0 Å². The molecule has 1 fully saturated rings. The third-order valence-electron chi connectivity index (χ3n) is 5.97. The fraction of sp³-hybridized carbons (Fsp3) is 0.185. The summed E-state index contributed by atoms with van der Waals surface area (Å²) in [4.78, 5) is 0. The molecule has 0 aliphatic carbocycles. The van der Waals surface area contributed by atoms with Crippen molar-refractivity contribution in [2.75, 3.05) is 0 Å². The third kappa shape index (κ3) is 5.41. The van der Waals surface area contributed by atoms with Gasteiger partial charge in [-0.05, 0) is 65.2 Å². The molecule has 0 radical (unpaired) electrons. The smallest absolute Gasteiger partial charge is 0.191 e. The van der Waals surface area contributed by atoms with Crippen LogP contribution in [0.3, 0.4) is 0 Å². The SMILES string of the molecule is OC(=Cc1ccc(Cl)cc1)[C@@H](O)[C@@H](O)[C@H](O)[C@@]1(O)C(=Cc2ccc(Cl)cc2)OC1c1ccc(Cl)cc1. The van der Waals surface area contributed by atoms with Crippen molar-refractivity contribution in [3.05, 3.63) is 116 Å². The van der Waals surface area contributed by atoms with Gasteiger partial charge in [0.15, 0.2) is 11.7 Å². The minimum absolute atomic E-state index is 0.0373. The van der Waals surface area contributed by atoms with E-state index in [-0.39, 0.29) is 5.76 Å². The van der Waals surface area contributed by atoms with Crippen LogP contribution in [0.5, 0.6) is 0 Å². The molecule has 5 N–H and O–H groups in total. The van der Waals surface area contributed by atoms with Gasteiger partial charge in [0, 0.05) is 15.1 Å². The van der Waals surface area contributed by atoms with Gasteiger partial charge in [-0.25, -0.2) is 0 Å². The predicted molar refractivity (Wildman–Crippen MR) is 140 cm³/mol. The minimum atomic E-state index is -2.14. The van der Waals surface area contributed by atoms with Crippen molar-refractivity contribution in [2.45, 2.75) is 30.0 Å². The van der Waals surface area contributed by atoms with Crippen molar-refractivity contribution < 1.29 is 30.3 Å². The number of aliphatic hydroxyl groups excluding tert-OH is 4. The maximum absolute atomic E-state index is 11.7. The van der Waals surface area contributed by atoms with Crippen molar-refractivity contribution in [1.29, 1.82) is 0 Å². The van der Waals surface area contributed by atoms with Crippen molar-refractivity contribution in [3.8, 4) is 0 Å². The zero-order chi connectivity index (χ0) is 26.0. The van der Waals surface area contributed by atoms with Crippen LogP contribution in [0, 0.1) is 0 Å². The van der Waals surface area contributed by atoms with Gasteiger partial charge < -0.3 is 30.3 Å². The molecule has 1 heterocycles. The second-order valence-electron chi connectivity index (χ2n) is 8.44. The maximum atomic E-state index is 11.7. The zero-order valence-corrected chi connectivity index (χ0v) is 20.9. The first-order valence-electron chi connectivity index (χ1n) is 10.9. The molecule has 0 saturated carbocycles. The quantitative estimate of drug-likeness (QED) is 0.260. The van der Waals surface area contributed by atoms with Crippen LogP contribution in [-0.2, 0) is 4.74 Å². The number of hydrogen-bond acceptors (Lipinski definition) is 6. The van der Waals surface area contributed by atoms with Crippen LogP contribution in [0.25, 0.3) is 12.2 Å². The average molecular weight is 550 g/mol. The van der Waals surface area contributed by atoms with Gasteiger partial charge >= 0.3 is 0 Å². The van der Waals surface area contributed by atoms with E-state index in [0.717, 1.165) is 0 Å². The molecule has 4 rings (SSSR count). The second-order valence-corrected chi connectivity index (χ2v) is 9.75. The number of benzene rings is 3. The molecule has 6 nitrogen and oxygen atoms in total. The van der Waals surface area contributed by atoms with E-state index in [0.29, 0.717) is 31.8 Å². The highest BCUT2D eigenvalue weighted by Gasteiger charge is 2.61. The highest BCUT2D eigenvalue weighted by Crippen LogP contribution is 2.51. The van der Waals surface area contributed by atoms with Crippen molar-refractivity contribution in [2.24, 2.45) is 0 Å². The van der Waals surface area contributed by atoms with E-state index in [1.165, 1.54) is 12.2 Å². The van der Waals surface area contributed by atoms with Crippen molar-refractivity contribution in [3.63, 3.8) is 0 Å². The van der Waals surface area contributed by atoms with Crippen LogP contribution in [-0.4, -0.2) is 49.4 Å². The molecule has 3 aromatic carbocycles. The lowest BCUT2D eigenvalue weighted by Gasteiger charge is -2.51. The van der Waals surface area contributed by atoms with Gasteiger partial charge in [-0.2, -0.15) is 0 Å². The average Bonchev–Trinajstić information content (AvgIpc) is 2.87. The molecule has 188 valence electrons. The van der Waals surface area contributed by atoms with Crippen molar-refractivity contribution in [1.82, 2.24) is 0 Å². The Morgan fingerprint density at radius 1 is 0.778 bits per heavy atom. The lowest BCUT2D eigenvalue weighted by molar-refractivity contribution is -0.253. The van der Waals surface area contributed by atoms with E-state index >= 15 is 0 Å². The van der Waals surface area contributed by atoms with E-state index in [1.54, 1.807) is 72.8 Å². The number of rotatable bonds is 7. The van der Waals surface area contributed by atoms with E-state index < -0.39 is 35.8 Å². The number of halogens is 3. The van der Waals surface area contributed by atoms with Gasteiger partial charge in [0.1, 0.15) is 29.8 Å². The van der Waals surface area contributed by atoms with Crippen LogP contribution in [0.2, 0.25) is 15.1 Å². The Hall–Kier alpha value is -2.55. The first-order valence-corrected chi connectivity index (χ1v) is 12.1. The topological polar surface area (TPSA) is 110 Å². The zero-order valence-electron chi connectivity index (χ0n) is 18.7. The highest BCUT2D eigenvalue weighted by atomic mass is 35.5. The fourth-order valence-electron chi connectivity index (χ4n) is 3.93. The Labute approximate surface area is 222 Å². The standard InChI is InChI=1S/C27H23Cl3O6/c28-18-7-1-15(2-8-18)13-21(31)23(32)24(33)25(34)27(35)22(14-16-3-9-19(29)10-4-16)36-26(27)17-5-11-20(30)12-6-17/h1-14,23-26,31-35H/t23-,24-,25+,26?,27+/m1/s1. The summed E-state index contributed by atoms with van der Waals surface area (Å²) in [6, 6.07) is 19.5. The summed E-state index contributed by atoms with van der Waals surface area (Å²) in [5.41, 5.74) is -0.536. The fourth-order valence-corrected chi connectivity index (χ4v) is 4.30. The monoisotopic (exact) mass is 548 g/mol. The Morgan fingerprint density at radius 2 is 1.25 bits per heavy atom. The maximum Gasteiger partial charge on any atom is 0.191 e. The molecule has 0 bridgehead atoms. The Bertz CT molecular complexity index is 1260. The summed E-state index contributed by atoms with van der Waals surface area (Å²) < 4.78 is 5.83. The first kappa shape index (κ1) is 26.5. The van der Waals surface area contributed by atoms with Gasteiger partial charge in [0.2, 0.25) is 0 Å². The summed E-state index contributed by atoms with van der Waals surface area (Å²) in [5, 5.41) is 56.1. The van der Waals surface area contributed by atoms with Gasteiger partial charge in [-0.1, -0.05) is 71.2 Å². The van der Waals surface area contributed by atoms with Crippen molar-refractivity contribution >= 4 is 47.0 Å². The molecule has 5 atom stereocenters. The molecule has 0 amide bonds. The molecular weight excluding hydrogens is 527 g/mol. The molecule has 1 unspecified atom stereocenters. The first-order chi connectivity index (χ1) is 17.1. The van der Waals surface area contributed by atoms with Crippen LogP contribution < -0.4 is 0 Å². The summed E-state index contributed by atoms with van der Waals surface area (Å²) in [5.74, 6) is -0.649. The summed E-state index contributed by atoms with van der Waals surface area (Å²) in [6.45, 7) is 0.